The third-order valence-electron chi connectivity index (χ3n) is 3.96. The molecule has 1 fully saturated rings. The average molecular weight is 345 g/mol. The summed E-state index contributed by atoms with van der Waals surface area (Å²) in [6, 6.07) is 1.68. The number of ether oxygens (including phenoxy) is 1. The van der Waals surface area contributed by atoms with Crippen molar-refractivity contribution in [1.82, 2.24) is 20.0 Å². The van der Waals surface area contributed by atoms with Crippen LogP contribution in [0.15, 0.2) is 16.8 Å². The number of nitrogens with zero attached hydrogens (tertiary/aromatic N) is 4. The van der Waals surface area contributed by atoms with E-state index in [9.17, 15) is 4.79 Å². The zero-order valence-electron chi connectivity index (χ0n) is 14.9. The summed E-state index contributed by atoms with van der Waals surface area (Å²) in [4.78, 5) is 22.9. The molecule has 134 valence electrons. The lowest BCUT2D eigenvalue weighted by atomic mass is 10.1. The predicted molar refractivity (Wildman–Crippen MR) is 91.7 cm³/mol. The molecule has 1 saturated heterocycles. The topological polar surface area (TPSA) is 93.4 Å². The van der Waals surface area contributed by atoms with Gasteiger partial charge in [-0.05, 0) is 38.8 Å². The van der Waals surface area contributed by atoms with Gasteiger partial charge in [0.15, 0.2) is 5.82 Å². The van der Waals surface area contributed by atoms with Gasteiger partial charge >= 0.3 is 6.03 Å². The first kappa shape index (κ1) is 17.2. The minimum Gasteiger partial charge on any atom is -0.473 e. The minimum atomic E-state index is -0.177. The second-order valence-corrected chi connectivity index (χ2v) is 6.57. The maximum atomic E-state index is 12.6. The molecule has 8 nitrogen and oxygen atoms in total. The van der Waals surface area contributed by atoms with Crippen LogP contribution in [-0.4, -0.2) is 45.2 Å². The van der Waals surface area contributed by atoms with Crippen LogP contribution < -0.4 is 10.1 Å². The van der Waals surface area contributed by atoms with Gasteiger partial charge in [-0.1, -0.05) is 5.16 Å². The molecule has 0 aromatic carbocycles. The first-order valence-corrected chi connectivity index (χ1v) is 8.42. The number of anilines is 1. The predicted octanol–water partition coefficient (Wildman–Crippen LogP) is 2.89. The lowest BCUT2D eigenvalue weighted by molar-refractivity contribution is 0.220. The molecule has 1 unspecified atom stereocenters. The highest BCUT2D eigenvalue weighted by Gasteiger charge is 2.30. The number of hydrogen-bond acceptors (Lipinski definition) is 6. The Balaban J connectivity index is 1.67. The van der Waals surface area contributed by atoms with E-state index in [0.717, 1.165) is 12.0 Å². The van der Waals surface area contributed by atoms with Gasteiger partial charge in [0.25, 0.3) is 0 Å². The molecule has 2 amide bonds. The fourth-order valence-electron chi connectivity index (χ4n) is 2.79. The molecule has 0 radical (unpaired) electrons. The molecule has 1 aliphatic heterocycles. The van der Waals surface area contributed by atoms with Crippen LogP contribution >= 0.6 is 0 Å². The molecule has 1 aliphatic rings. The molecule has 0 bridgehead atoms. The molecule has 2 aromatic heterocycles. The molecule has 3 heterocycles. The number of amides is 2. The number of urea groups is 1. The van der Waals surface area contributed by atoms with Crippen molar-refractivity contribution in [3.05, 3.63) is 29.5 Å². The van der Waals surface area contributed by atoms with Crippen molar-refractivity contribution >= 4 is 11.7 Å². The minimum absolute atomic E-state index is 0.0245. The van der Waals surface area contributed by atoms with E-state index in [0.29, 0.717) is 36.4 Å². The first-order valence-electron chi connectivity index (χ1n) is 8.42. The molecule has 8 heteroatoms. The van der Waals surface area contributed by atoms with Crippen molar-refractivity contribution < 1.29 is 14.1 Å². The molecule has 0 aliphatic carbocycles. The van der Waals surface area contributed by atoms with E-state index in [-0.39, 0.29) is 18.1 Å². The molecule has 1 N–H and O–H groups in total. The summed E-state index contributed by atoms with van der Waals surface area (Å²) in [7, 11) is 0. The van der Waals surface area contributed by atoms with Crippen molar-refractivity contribution in [2.24, 2.45) is 0 Å². The second-order valence-electron chi connectivity index (χ2n) is 6.57. The molecule has 25 heavy (non-hydrogen) atoms. The normalized spacial score (nSPS) is 17.2. The number of pyridine rings is 1. The maximum Gasteiger partial charge on any atom is 0.322 e. The number of aryl methyl sites for hydroxylation is 2. The zero-order chi connectivity index (χ0) is 18.0. The number of likely N-dealkylation sites (tertiary alicyclic amines) is 1. The third kappa shape index (κ3) is 4.07. The highest BCUT2D eigenvalue weighted by atomic mass is 16.5. The van der Waals surface area contributed by atoms with Crippen LogP contribution in [0, 0.1) is 13.8 Å². The quantitative estimate of drug-likeness (QED) is 0.916. The van der Waals surface area contributed by atoms with Crippen LogP contribution in [0.2, 0.25) is 0 Å². The highest BCUT2D eigenvalue weighted by Crippen LogP contribution is 2.28. The summed E-state index contributed by atoms with van der Waals surface area (Å²) in [5.74, 6) is 1.73. The molecular weight excluding hydrogens is 322 g/mol. The highest BCUT2D eigenvalue weighted by molar-refractivity contribution is 5.91. The number of carbonyl (C=O) groups excluding carboxylic acids is 1. The van der Waals surface area contributed by atoms with Gasteiger partial charge in [-0.2, -0.15) is 4.98 Å². The van der Waals surface area contributed by atoms with Gasteiger partial charge < -0.3 is 19.5 Å². The van der Waals surface area contributed by atoms with E-state index in [2.05, 4.69) is 20.4 Å². The van der Waals surface area contributed by atoms with Crippen molar-refractivity contribution in [2.45, 2.75) is 46.1 Å². The summed E-state index contributed by atoms with van der Waals surface area (Å²) in [6.07, 6.45) is 2.51. The first-order chi connectivity index (χ1) is 11.9. The zero-order valence-corrected chi connectivity index (χ0v) is 14.9. The fourth-order valence-corrected chi connectivity index (χ4v) is 2.79. The average Bonchev–Trinajstić information content (AvgIpc) is 3.18. The Kier molecular flexibility index (Phi) is 4.87. The van der Waals surface area contributed by atoms with Crippen molar-refractivity contribution in [3.8, 4) is 5.88 Å². The van der Waals surface area contributed by atoms with E-state index in [1.807, 2.05) is 26.8 Å². The number of nitrogens with one attached hydrogen (secondary N) is 1. The molecule has 0 spiro atoms. The maximum absolute atomic E-state index is 12.6. The van der Waals surface area contributed by atoms with E-state index in [4.69, 9.17) is 9.26 Å². The van der Waals surface area contributed by atoms with E-state index >= 15 is 0 Å². The van der Waals surface area contributed by atoms with Crippen molar-refractivity contribution in [2.75, 3.05) is 18.4 Å². The molecule has 3 rings (SSSR count). The molecule has 0 saturated carbocycles. The van der Waals surface area contributed by atoms with Gasteiger partial charge in [-0.25, -0.2) is 9.78 Å². The summed E-state index contributed by atoms with van der Waals surface area (Å²) < 4.78 is 10.7. The molecular formula is C17H23N5O3. The monoisotopic (exact) mass is 345 g/mol. The summed E-state index contributed by atoms with van der Waals surface area (Å²) in [5.41, 5.74) is 1.53. The van der Waals surface area contributed by atoms with E-state index in [1.165, 1.54) is 0 Å². The Hall–Kier alpha value is -2.64. The van der Waals surface area contributed by atoms with Gasteiger partial charge in [-0.15, -0.1) is 0 Å². The summed E-state index contributed by atoms with van der Waals surface area (Å²) in [6.45, 7) is 8.73. The Bertz CT molecular complexity index is 758. The van der Waals surface area contributed by atoms with Gasteiger partial charge in [0, 0.05) is 32.1 Å². The van der Waals surface area contributed by atoms with E-state index < -0.39 is 0 Å². The van der Waals surface area contributed by atoms with Gasteiger partial charge in [0.2, 0.25) is 11.8 Å². The number of hydrogen-bond donors (Lipinski definition) is 1. The Morgan fingerprint density at radius 2 is 2.24 bits per heavy atom. The Morgan fingerprint density at radius 1 is 1.44 bits per heavy atom. The molecule has 1 atom stereocenters. The van der Waals surface area contributed by atoms with Gasteiger partial charge in [0.1, 0.15) is 5.69 Å². The Morgan fingerprint density at radius 3 is 2.92 bits per heavy atom. The van der Waals surface area contributed by atoms with Crippen molar-refractivity contribution in [1.29, 1.82) is 0 Å². The summed E-state index contributed by atoms with van der Waals surface area (Å²) >= 11 is 0. The smallest absolute Gasteiger partial charge is 0.322 e. The number of carbonyl (C=O) groups is 1. The van der Waals surface area contributed by atoms with Gasteiger partial charge in [-0.3, -0.25) is 0 Å². The standard InChI is InChI=1S/C17H23N5O3/c1-10(2)24-16-14(7-11(3)8-18-16)20-17(23)22-6-5-13(9-22)15-19-12(4)25-21-15/h7-8,10,13H,5-6,9H2,1-4H3,(H,20,23). The van der Waals surface area contributed by atoms with Crippen LogP contribution in [0.3, 0.4) is 0 Å². The van der Waals surface area contributed by atoms with Crippen molar-refractivity contribution in [3.63, 3.8) is 0 Å². The lowest BCUT2D eigenvalue weighted by Crippen LogP contribution is -2.33. The van der Waals surface area contributed by atoms with E-state index in [1.54, 1.807) is 18.0 Å². The SMILES string of the molecule is Cc1cnc(OC(C)C)c(NC(=O)N2CCC(c3noc(C)n3)C2)c1. The van der Waals surface area contributed by atoms with Crippen LogP contribution in [-0.2, 0) is 0 Å². The van der Waals surface area contributed by atoms with Crippen LogP contribution in [0.5, 0.6) is 5.88 Å². The lowest BCUT2D eigenvalue weighted by Gasteiger charge is -2.19. The van der Waals surface area contributed by atoms with Crippen LogP contribution in [0.4, 0.5) is 10.5 Å². The largest absolute Gasteiger partial charge is 0.473 e. The Labute approximate surface area is 146 Å². The summed E-state index contributed by atoms with van der Waals surface area (Å²) in [5, 5.41) is 6.87. The molecule has 2 aromatic rings. The number of rotatable bonds is 4. The third-order valence-corrected chi connectivity index (χ3v) is 3.96. The van der Waals surface area contributed by atoms with Gasteiger partial charge in [0.05, 0.1) is 6.10 Å². The van der Waals surface area contributed by atoms with Crippen LogP contribution in [0.1, 0.15) is 43.5 Å². The number of aromatic nitrogens is 3. The van der Waals surface area contributed by atoms with Crippen LogP contribution in [0.25, 0.3) is 0 Å². The second kappa shape index (κ2) is 7.08. The fraction of sp³-hybridized carbons (Fsp3) is 0.529.